The molecule has 0 atom stereocenters. The van der Waals surface area contributed by atoms with E-state index in [-0.39, 0.29) is 5.91 Å². The van der Waals surface area contributed by atoms with Crippen LogP contribution in [0.15, 0.2) is 24.3 Å². The first-order valence-electron chi connectivity index (χ1n) is 8.68. The summed E-state index contributed by atoms with van der Waals surface area (Å²) in [6.07, 6.45) is 9.70. The van der Waals surface area contributed by atoms with Crippen molar-refractivity contribution >= 4 is 5.91 Å². The summed E-state index contributed by atoms with van der Waals surface area (Å²) in [6, 6.07) is 10.6. The molecular formula is C19H30NO2. The summed E-state index contributed by atoms with van der Waals surface area (Å²) < 4.78 is 5.63. The molecule has 0 spiro atoms. The molecule has 0 unspecified atom stereocenters. The van der Waals surface area contributed by atoms with Gasteiger partial charge in [0.05, 0.1) is 6.61 Å². The van der Waals surface area contributed by atoms with Crippen LogP contribution in [0.4, 0.5) is 0 Å². The van der Waals surface area contributed by atoms with Gasteiger partial charge in [-0.25, -0.2) is 0 Å². The molecule has 0 bridgehead atoms. The molecule has 0 saturated heterocycles. The number of amides is 1. The van der Waals surface area contributed by atoms with Crippen molar-refractivity contribution in [1.82, 2.24) is 5.32 Å². The quantitative estimate of drug-likeness (QED) is 0.544. The minimum Gasteiger partial charge on any atom is -0.494 e. The Balaban J connectivity index is 1.84. The van der Waals surface area contributed by atoms with Crippen LogP contribution >= 0.6 is 0 Å². The molecule has 0 aliphatic carbocycles. The van der Waals surface area contributed by atoms with Crippen LogP contribution < -0.4 is 10.1 Å². The van der Waals surface area contributed by atoms with E-state index in [4.69, 9.17) is 4.74 Å². The van der Waals surface area contributed by atoms with Crippen molar-refractivity contribution in [2.75, 3.05) is 13.2 Å². The zero-order valence-electron chi connectivity index (χ0n) is 13.9. The number of carbonyl (C=O) groups is 1. The predicted molar refractivity (Wildman–Crippen MR) is 91.0 cm³/mol. The maximum absolute atomic E-state index is 11.6. The van der Waals surface area contributed by atoms with E-state index in [1.54, 1.807) is 0 Å². The smallest absolute Gasteiger partial charge is 0.219 e. The fourth-order valence-corrected chi connectivity index (χ4v) is 2.27. The number of ether oxygens (including phenoxy) is 1. The largest absolute Gasteiger partial charge is 0.494 e. The summed E-state index contributed by atoms with van der Waals surface area (Å²) in [5, 5.41) is 2.99. The van der Waals surface area contributed by atoms with Gasteiger partial charge in [0.1, 0.15) is 5.75 Å². The monoisotopic (exact) mass is 304 g/mol. The first-order valence-corrected chi connectivity index (χ1v) is 8.68. The molecule has 1 aromatic carbocycles. The average Bonchev–Trinajstić information content (AvgIpc) is 2.55. The second-order valence-corrected chi connectivity index (χ2v) is 5.66. The topological polar surface area (TPSA) is 38.3 Å². The number of rotatable bonds is 13. The van der Waals surface area contributed by atoms with Gasteiger partial charge >= 0.3 is 0 Å². The molecule has 1 N–H and O–H groups in total. The summed E-state index contributed by atoms with van der Waals surface area (Å²) >= 11 is 0. The summed E-state index contributed by atoms with van der Waals surface area (Å²) in [4.78, 5) is 11.6. The zero-order chi connectivity index (χ0) is 15.9. The Morgan fingerprint density at radius 1 is 1.05 bits per heavy atom. The highest BCUT2D eigenvalue weighted by Crippen LogP contribution is 2.10. The Bertz CT molecular complexity index is 378. The minimum atomic E-state index is 0.209. The SMILES string of the molecule is CCCCCNC(=O)CCCCCCCOc1cc[c]cc1. The molecule has 0 aromatic heterocycles. The van der Waals surface area contributed by atoms with Crippen molar-refractivity contribution in [3.05, 3.63) is 30.3 Å². The Morgan fingerprint density at radius 3 is 2.55 bits per heavy atom. The lowest BCUT2D eigenvalue weighted by molar-refractivity contribution is -0.121. The standard InChI is InChI=1S/C19H30NO2/c1-2-3-11-16-20-19(21)15-10-5-4-6-12-17-22-18-13-8-7-9-14-18/h8-9,13-14H,2-6,10-12,15-17H2,1H3,(H,20,21). The van der Waals surface area contributed by atoms with Crippen LogP contribution in [0.3, 0.4) is 0 Å². The Kier molecular flexibility index (Phi) is 11.1. The molecular weight excluding hydrogens is 274 g/mol. The highest BCUT2D eigenvalue weighted by molar-refractivity contribution is 5.75. The van der Waals surface area contributed by atoms with E-state index in [1.165, 1.54) is 19.3 Å². The lowest BCUT2D eigenvalue weighted by Gasteiger charge is -2.06. The number of unbranched alkanes of at least 4 members (excludes halogenated alkanes) is 6. The maximum atomic E-state index is 11.6. The second-order valence-electron chi connectivity index (χ2n) is 5.66. The molecule has 3 nitrogen and oxygen atoms in total. The molecule has 1 aromatic rings. The first-order chi connectivity index (χ1) is 10.8. The van der Waals surface area contributed by atoms with Gasteiger partial charge in [-0.3, -0.25) is 4.79 Å². The van der Waals surface area contributed by atoms with E-state index in [9.17, 15) is 4.79 Å². The van der Waals surface area contributed by atoms with Gasteiger partial charge in [-0.05, 0) is 37.5 Å². The van der Waals surface area contributed by atoms with Gasteiger partial charge < -0.3 is 10.1 Å². The fraction of sp³-hybridized carbons (Fsp3) is 0.632. The van der Waals surface area contributed by atoms with Crippen molar-refractivity contribution in [3.63, 3.8) is 0 Å². The van der Waals surface area contributed by atoms with Crippen LogP contribution in [-0.2, 0) is 4.79 Å². The highest BCUT2D eigenvalue weighted by Gasteiger charge is 2.00. The van der Waals surface area contributed by atoms with Crippen molar-refractivity contribution in [2.24, 2.45) is 0 Å². The highest BCUT2D eigenvalue weighted by atomic mass is 16.5. The number of carbonyl (C=O) groups excluding carboxylic acids is 1. The number of hydrogen-bond donors (Lipinski definition) is 1. The van der Waals surface area contributed by atoms with Crippen LogP contribution in [0.1, 0.15) is 64.7 Å². The molecule has 1 radical (unpaired) electrons. The molecule has 0 saturated carbocycles. The van der Waals surface area contributed by atoms with Gasteiger partial charge in [-0.2, -0.15) is 0 Å². The molecule has 123 valence electrons. The number of hydrogen-bond acceptors (Lipinski definition) is 2. The summed E-state index contributed by atoms with van der Waals surface area (Å²) in [7, 11) is 0. The predicted octanol–water partition coefficient (Wildman–Crippen LogP) is 4.51. The molecule has 0 aliphatic rings. The normalized spacial score (nSPS) is 10.4. The summed E-state index contributed by atoms with van der Waals surface area (Å²) in [6.45, 7) is 3.77. The van der Waals surface area contributed by atoms with Crippen molar-refractivity contribution < 1.29 is 9.53 Å². The third-order valence-electron chi connectivity index (χ3n) is 3.61. The number of benzene rings is 1. The molecule has 1 amide bonds. The van der Waals surface area contributed by atoms with Crippen LogP contribution in [-0.4, -0.2) is 19.1 Å². The Morgan fingerprint density at radius 2 is 1.77 bits per heavy atom. The Labute approximate surface area is 135 Å². The van der Waals surface area contributed by atoms with E-state index in [0.29, 0.717) is 6.42 Å². The molecule has 1 rings (SSSR count). The minimum absolute atomic E-state index is 0.209. The van der Waals surface area contributed by atoms with Gasteiger partial charge in [0.2, 0.25) is 5.91 Å². The van der Waals surface area contributed by atoms with E-state index < -0.39 is 0 Å². The summed E-state index contributed by atoms with van der Waals surface area (Å²) in [5.74, 6) is 1.12. The van der Waals surface area contributed by atoms with Gasteiger partial charge in [0, 0.05) is 13.0 Å². The fourth-order valence-electron chi connectivity index (χ4n) is 2.27. The molecule has 0 heterocycles. The van der Waals surface area contributed by atoms with E-state index in [0.717, 1.165) is 51.0 Å². The number of nitrogens with one attached hydrogen (secondary N) is 1. The van der Waals surface area contributed by atoms with Crippen molar-refractivity contribution in [3.8, 4) is 5.75 Å². The van der Waals surface area contributed by atoms with Crippen molar-refractivity contribution in [1.29, 1.82) is 0 Å². The zero-order valence-corrected chi connectivity index (χ0v) is 13.9. The van der Waals surface area contributed by atoms with Gasteiger partial charge in [0.25, 0.3) is 0 Å². The van der Waals surface area contributed by atoms with Crippen LogP contribution in [0.2, 0.25) is 0 Å². The Hall–Kier alpha value is -1.51. The van der Waals surface area contributed by atoms with Crippen LogP contribution in [0.5, 0.6) is 5.75 Å². The third kappa shape index (κ3) is 10.3. The van der Waals surface area contributed by atoms with E-state index in [1.807, 2.05) is 24.3 Å². The van der Waals surface area contributed by atoms with Gasteiger partial charge in [0.15, 0.2) is 0 Å². The molecule has 0 fully saturated rings. The third-order valence-corrected chi connectivity index (χ3v) is 3.61. The lowest BCUT2D eigenvalue weighted by atomic mass is 10.1. The van der Waals surface area contributed by atoms with Gasteiger partial charge in [-0.15, -0.1) is 0 Å². The second kappa shape index (κ2) is 13.2. The molecule has 0 aliphatic heterocycles. The van der Waals surface area contributed by atoms with Crippen LogP contribution in [0, 0.1) is 6.07 Å². The lowest BCUT2D eigenvalue weighted by Crippen LogP contribution is -2.23. The van der Waals surface area contributed by atoms with Gasteiger partial charge in [-0.1, -0.05) is 51.2 Å². The maximum Gasteiger partial charge on any atom is 0.219 e. The molecule has 3 heteroatoms. The average molecular weight is 304 g/mol. The summed E-state index contributed by atoms with van der Waals surface area (Å²) in [5.41, 5.74) is 0. The van der Waals surface area contributed by atoms with E-state index in [2.05, 4.69) is 18.3 Å². The molecule has 22 heavy (non-hydrogen) atoms. The van der Waals surface area contributed by atoms with E-state index >= 15 is 0 Å². The first kappa shape index (κ1) is 18.5. The van der Waals surface area contributed by atoms with Crippen LogP contribution in [0.25, 0.3) is 0 Å². The van der Waals surface area contributed by atoms with Crippen molar-refractivity contribution in [2.45, 2.75) is 64.7 Å².